The Bertz CT molecular complexity index is 264. The third-order valence-electron chi connectivity index (χ3n) is 1.88. The summed E-state index contributed by atoms with van der Waals surface area (Å²) in [6.45, 7) is 5.32. The molecule has 0 amide bonds. The number of nitrogens with two attached hydrogens (primary N) is 1. The van der Waals surface area contributed by atoms with Gasteiger partial charge in [0, 0.05) is 24.4 Å². The van der Waals surface area contributed by atoms with Gasteiger partial charge in [-0.1, -0.05) is 0 Å². The Balaban J connectivity index is 2.40. The third-order valence-corrected chi connectivity index (χ3v) is 2.70. The van der Waals surface area contributed by atoms with Gasteiger partial charge in [0.25, 0.3) is 0 Å². The van der Waals surface area contributed by atoms with Gasteiger partial charge in [-0.05, 0) is 13.8 Å². The Morgan fingerprint density at radius 1 is 1.71 bits per heavy atom. The number of aromatic nitrogens is 1. The molecule has 1 aromatic rings. The summed E-state index contributed by atoms with van der Waals surface area (Å²) in [7, 11) is 0. The number of hydrazine groups is 1. The van der Waals surface area contributed by atoms with Gasteiger partial charge in [-0.15, -0.1) is 11.3 Å². The van der Waals surface area contributed by atoms with Gasteiger partial charge in [0.05, 0.1) is 17.3 Å². The van der Waals surface area contributed by atoms with Gasteiger partial charge in [0.1, 0.15) is 0 Å². The Morgan fingerprint density at radius 2 is 2.50 bits per heavy atom. The van der Waals surface area contributed by atoms with E-state index in [9.17, 15) is 0 Å². The average Bonchev–Trinajstić information content (AvgIpc) is 2.58. The number of hydrogen-bond acceptors (Lipinski definition) is 5. The predicted molar refractivity (Wildman–Crippen MR) is 58.2 cm³/mol. The number of aryl methyl sites for hydroxylation is 1. The van der Waals surface area contributed by atoms with E-state index in [0.29, 0.717) is 13.2 Å². The minimum atomic E-state index is 0.149. The topological polar surface area (TPSA) is 60.2 Å². The first-order valence-corrected chi connectivity index (χ1v) is 5.59. The fourth-order valence-electron chi connectivity index (χ4n) is 1.18. The standard InChI is InChI=1S/C9H17N3OS/c1-3-13-5-8(12-10)4-9-6-14-7(2)11-9/h6,8,12H,3-5,10H2,1-2H3. The van der Waals surface area contributed by atoms with Gasteiger partial charge in [-0.25, -0.2) is 4.98 Å². The summed E-state index contributed by atoms with van der Waals surface area (Å²) in [5, 5.41) is 3.15. The molecule has 0 fully saturated rings. The summed E-state index contributed by atoms with van der Waals surface area (Å²) >= 11 is 1.66. The zero-order valence-electron chi connectivity index (χ0n) is 8.62. The summed E-state index contributed by atoms with van der Waals surface area (Å²) < 4.78 is 5.30. The van der Waals surface area contributed by atoms with E-state index in [2.05, 4.69) is 15.8 Å². The SMILES string of the molecule is CCOCC(Cc1csc(C)n1)NN. The smallest absolute Gasteiger partial charge is 0.0897 e. The molecule has 0 aliphatic carbocycles. The molecule has 3 N–H and O–H groups in total. The molecule has 0 bridgehead atoms. The van der Waals surface area contributed by atoms with Crippen molar-refractivity contribution >= 4 is 11.3 Å². The summed E-state index contributed by atoms with van der Waals surface area (Å²) in [5.41, 5.74) is 3.81. The van der Waals surface area contributed by atoms with Crippen LogP contribution in [0.15, 0.2) is 5.38 Å². The molecule has 1 rings (SSSR count). The summed E-state index contributed by atoms with van der Waals surface area (Å²) in [6, 6.07) is 0.149. The zero-order chi connectivity index (χ0) is 10.4. The molecule has 1 aromatic heterocycles. The van der Waals surface area contributed by atoms with Crippen LogP contribution < -0.4 is 11.3 Å². The second kappa shape index (κ2) is 6.08. The van der Waals surface area contributed by atoms with Crippen molar-refractivity contribution in [3.05, 3.63) is 16.1 Å². The lowest BCUT2D eigenvalue weighted by Crippen LogP contribution is -2.40. The van der Waals surface area contributed by atoms with Crippen LogP contribution in [-0.2, 0) is 11.2 Å². The molecule has 0 aliphatic rings. The van der Waals surface area contributed by atoms with Crippen LogP contribution in [0.1, 0.15) is 17.6 Å². The van der Waals surface area contributed by atoms with Crippen molar-refractivity contribution in [3.63, 3.8) is 0 Å². The van der Waals surface area contributed by atoms with E-state index in [0.717, 1.165) is 17.1 Å². The normalized spacial score (nSPS) is 13.1. The lowest BCUT2D eigenvalue weighted by molar-refractivity contribution is 0.122. The van der Waals surface area contributed by atoms with Crippen molar-refractivity contribution in [1.82, 2.24) is 10.4 Å². The van der Waals surface area contributed by atoms with Crippen molar-refractivity contribution in [2.24, 2.45) is 5.84 Å². The number of hydrogen-bond donors (Lipinski definition) is 2. The van der Waals surface area contributed by atoms with E-state index in [1.165, 1.54) is 0 Å². The first-order valence-electron chi connectivity index (χ1n) is 4.71. The number of nitrogens with one attached hydrogen (secondary N) is 1. The molecule has 14 heavy (non-hydrogen) atoms. The second-order valence-electron chi connectivity index (χ2n) is 3.09. The van der Waals surface area contributed by atoms with Crippen molar-refractivity contribution in [2.45, 2.75) is 26.3 Å². The molecular weight excluding hydrogens is 198 g/mol. The molecule has 80 valence electrons. The average molecular weight is 215 g/mol. The predicted octanol–water partition coefficient (Wildman–Crippen LogP) is 0.862. The van der Waals surface area contributed by atoms with Gasteiger partial charge in [0.2, 0.25) is 0 Å². The van der Waals surface area contributed by atoms with E-state index in [1.54, 1.807) is 11.3 Å². The number of nitrogens with zero attached hydrogens (tertiary/aromatic N) is 1. The van der Waals surface area contributed by atoms with Crippen molar-refractivity contribution in [3.8, 4) is 0 Å². The lowest BCUT2D eigenvalue weighted by atomic mass is 10.2. The van der Waals surface area contributed by atoms with Crippen LogP contribution in [-0.4, -0.2) is 24.2 Å². The minimum absolute atomic E-state index is 0.149. The van der Waals surface area contributed by atoms with Crippen LogP contribution in [0.3, 0.4) is 0 Å². The highest BCUT2D eigenvalue weighted by Gasteiger charge is 2.09. The van der Waals surface area contributed by atoms with Crippen LogP contribution in [0.25, 0.3) is 0 Å². The Labute approximate surface area is 88.5 Å². The quantitative estimate of drug-likeness (QED) is 0.546. The number of thiazole rings is 1. The fraction of sp³-hybridized carbons (Fsp3) is 0.667. The minimum Gasteiger partial charge on any atom is -0.380 e. The first-order chi connectivity index (χ1) is 6.76. The second-order valence-corrected chi connectivity index (χ2v) is 4.15. The molecule has 0 spiro atoms. The molecule has 0 aliphatic heterocycles. The van der Waals surface area contributed by atoms with Gasteiger partial charge in [0.15, 0.2) is 0 Å². The molecule has 1 unspecified atom stereocenters. The Kier molecular flexibility index (Phi) is 5.03. The lowest BCUT2D eigenvalue weighted by Gasteiger charge is -2.13. The number of rotatable bonds is 6. The summed E-state index contributed by atoms with van der Waals surface area (Å²) in [4.78, 5) is 4.37. The van der Waals surface area contributed by atoms with Gasteiger partial charge in [-0.2, -0.15) is 0 Å². The zero-order valence-corrected chi connectivity index (χ0v) is 9.43. The van der Waals surface area contributed by atoms with Crippen LogP contribution in [0, 0.1) is 6.92 Å². The summed E-state index contributed by atoms with van der Waals surface area (Å²) in [6.07, 6.45) is 0.820. The van der Waals surface area contributed by atoms with Gasteiger partial charge in [-0.3, -0.25) is 11.3 Å². The Morgan fingerprint density at radius 3 is 3.00 bits per heavy atom. The Hall–Kier alpha value is -0.490. The highest BCUT2D eigenvalue weighted by Crippen LogP contribution is 2.09. The molecule has 5 heteroatoms. The van der Waals surface area contributed by atoms with Gasteiger partial charge >= 0.3 is 0 Å². The largest absolute Gasteiger partial charge is 0.380 e. The molecule has 0 radical (unpaired) electrons. The molecule has 1 atom stereocenters. The molecule has 0 aromatic carbocycles. The van der Waals surface area contributed by atoms with E-state index < -0.39 is 0 Å². The highest BCUT2D eigenvalue weighted by atomic mass is 32.1. The van der Waals surface area contributed by atoms with E-state index in [1.807, 2.05) is 13.8 Å². The molecule has 4 nitrogen and oxygen atoms in total. The van der Waals surface area contributed by atoms with Crippen molar-refractivity contribution < 1.29 is 4.74 Å². The highest BCUT2D eigenvalue weighted by molar-refractivity contribution is 7.09. The molecule has 0 saturated heterocycles. The van der Waals surface area contributed by atoms with E-state index in [4.69, 9.17) is 10.6 Å². The maximum atomic E-state index is 5.41. The maximum absolute atomic E-state index is 5.41. The van der Waals surface area contributed by atoms with Crippen LogP contribution in [0.4, 0.5) is 0 Å². The van der Waals surface area contributed by atoms with Crippen molar-refractivity contribution in [2.75, 3.05) is 13.2 Å². The van der Waals surface area contributed by atoms with Crippen LogP contribution >= 0.6 is 11.3 Å². The van der Waals surface area contributed by atoms with Crippen molar-refractivity contribution in [1.29, 1.82) is 0 Å². The third kappa shape index (κ3) is 3.71. The first kappa shape index (κ1) is 11.6. The van der Waals surface area contributed by atoms with Crippen LogP contribution in [0.5, 0.6) is 0 Å². The molecular formula is C9H17N3OS. The molecule has 0 saturated carbocycles. The van der Waals surface area contributed by atoms with Gasteiger partial charge < -0.3 is 4.74 Å². The summed E-state index contributed by atoms with van der Waals surface area (Å²) in [5.74, 6) is 5.41. The van der Waals surface area contributed by atoms with Crippen LogP contribution in [0.2, 0.25) is 0 Å². The maximum Gasteiger partial charge on any atom is 0.0897 e. The number of ether oxygens (including phenoxy) is 1. The fourth-order valence-corrected chi connectivity index (χ4v) is 1.81. The van der Waals surface area contributed by atoms with E-state index in [-0.39, 0.29) is 6.04 Å². The monoisotopic (exact) mass is 215 g/mol. The van der Waals surface area contributed by atoms with E-state index >= 15 is 0 Å². The molecule has 1 heterocycles.